The molecule has 0 spiro atoms. The Kier molecular flexibility index (Phi) is 6.74. The number of hydrogen-bond donors (Lipinski definition) is 2. The lowest BCUT2D eigenvalue weighted by Gasteiger charge is -2.18. The van der Waals surface area contributed by atoms with E-state index in [-0.39, 0.29) is 24.4 Å². The molecule has 6 heteroatoms. The molecule has 33 heavy (non-hydrogen) atoms. The first-order valence-corrected chi connectivity index (χ1v) is 10.8. The molecule has 2 atom stereocenters. The van der Waals surface area contributed by atoms with Gasteiger partial charge in [-0.25, -0.2) is 0 Å². The van der Waals surface area contributed by atoms with E-state index in [1.54, 1.807) is 24.3 Å². The van der Waals surface area contributed by atoms with Gasteiger partial charge in [-0.2, -0.15) is 0 Å². The maximum absolute atomic E-state index is 13.2. The van der Waals surface area contributed by atoms with Crippen LogP contribution < -0.4 is 20.1 Å². The Morgan fingerprint density at radius 3 is 1.82 bits per heavy atom. The summed E-state index contributed by atoms with van der Waals surface area (Å²) < 4.78 is 10.8. The molecule has 0 radical (unpaired) electrons. The van der Waals surface area contributed by atoms with Crippen molar-refractivity contribution in [1.29, 1.82) is 0 Å². The molecule has 1 aliphatic heterocycles. The van der Waals surface area contributed by atoms with Crippen LogP contribution in [0.2, 0.25) is 0 Å². The molecule has 3 aromatic carbocycles. The minimum atomic E-state index is -0.457. The first kappa shape index (κ1) is 22.1. The van der Waals surface area contributed by atoms with Crippen LogP contribution in [0.15, 0.2) is 84.4 Å². The molecule has 0 saturated carbocycles. The topological polar surface area (TPSA) is 76.7 Å². The first-order chi connectivity index (χ1) is 16.0. The van der Waals surface area contributed by atoms with Crippen LogP contribution in [-0.2, 0) is 9.59 Å². The molecule has 4 rings (SSSR count). The number of nitrogens with one attached hydrogen (secondary N) is 2. The van der Waals surface area contributed by atoms with E-state index >= 15 is 0 Å². The average molecular weight is 443 g/mol. The van der Waals surface area contributed by atoms with Crippen molar-refractivity contribution in [2.24, 2.45) is 0 Å². The average Bonchev–Trinajstić information content (AvgIpc) is 3.31. The largest absolute Gasteiger partial charge is 0.454 e. The van der Waals surface area contributed by atoms with Crippen molar-refractivity contribution < 1.29 is 19.1 Å². The number of benzene rings is 3. The van der Waals surface area contributed by atoms with E-state index < -0.39 is 11.8 Å². The van der Waals surface area contributed by atoms with Crippen molar-refractivity contribution in [3.05, 3.63) is 101 Å². The van der Waals surface area contributed by atoms with E-state index in [0.29, 0.717) is 17.1 Å². The summed E-state index contributed by atoms with van der Waals surface area (Å²) in [6.45, 7) is 3.92. The molecule has 0 fully saturated rings. The minimum absolute atomic E-state index is 0.0134. The van der Waals surface area contributed by atoms with Crippen LogP contribution in [0.25, 0.3) is 6.08 Å². The fourth-order valence-electron chi connectivity index (χ4n) is 3.60. The lowest BCUT2D eigenvalue weighted by molar-refractivity contribution is -0.124. The van der Waals surface area contributed by atoms with Crippen LogP contribution in [0.4, 0.5) is 0 Å². The highest BCUT2D eigenvalue weighted by Gasteiger charge is 2.23. The Morgan fingerprint density at radius 1 is 0.758 bits per heavy atom. The maximum atomic E-state index is 13.2. The molecule has 6 nitrogen and oxygen atoms in total. The van der Waals surface area contributed by atoms with Crippen molar-refractivity contribution in [2.75, 3.05) is 6.79 Å². The molecule has 0 aromatic heterocycles. The zero-order valence-corrected chi connectivity index (χ0v) is 18.6. The number of hydrogen-bond acceptors (Lipinski definition) is 4. The SMILES string of the molecule is C[C@H](NC(=O)C(=Cc1ccc2c(c1)OCO2)C(=O)N[C@H](C)c1ccccc1)c1ccccc1. The van der Waals surface area contributed by atoms with Gasteiger partial charge in [0.1, 0.15) is 5.57 Å². The van der Waals surface area contributed by atoms with Gasteiger partial charge < -0.3 is 20.1 Å². The second-order valence-electron chi connectivity index (χ2n) is 7.88. The highest BCUT2D eigenvalue weighted by molar-refractivity contribution is 6.21. The highest BCUT2D eigenvalue weighted by atomic mass is 16.7. The minimum Gasteiger partial charge on any atom is -0.454 e. The highest BCUT2D eigenvalue weighted by Crippen LogP contribution is 2.33. The van der Waals surface area contributed by atoms with Crippen LogP contribution in [0.1, 0.15) is 42.6 Å². The first-order valence-electron chi connectivity index (χ1n) is 10.8. The van der Waals surface area contributed by atoms with Gasteiger partial charge in [0.15, 0.2) is 11.5 Å². The summed E-state index contributed by atoms with van der Waals surface area (Å²) >= 11 is 0. The van der Waals surface area contributed by atoms with Gasteiger partial charge in [0.05, 0.1) is 12.1 Å². The van der Waals surface area contributed by atoms with Gasteiger partial charge in [0.25, 0.3) is 11.8 Å². The summed E-state index contributed by atoms with van der Waals surface area (Å²) in [5, 5.41) is 5.88. The predicted molar refractivity (Wildman–Crippen MR) is 127 cm³/mol. The zero-order chi connectivity index (χ0) is 23.2. The molecule has 3 aromatic rings. The molecule has 2 N–H and O–H groups in total. The Labute approximate surface area is 193 Å². The summed E-state index contributed by atoms with van der Waals surface area (Å²) in [5.74, 6) is 0.306. The third-order valence-electron chi connectivity index (χ3n) is 5.49. The molecular weight excluding hydrogens is 416 g/mol. The van der Waals surface area contributed by atoms with E-state index in [1.807, 2.05) is 74.5 Å². The van der Waals surface area contributed by atoms with Crippen molar-refractivity contribution >= 4 is 17.9 Å². The third-order valence-corrected chi connectivity index (χ3v) is 5.49. The monoisotopic (exact) mass is 442 g/mol. The fourth-order valence-corrected chi connectivity index (χ4v) is 3.60. The number of fused-ring (bicyclic) bond motifs is 1. The third kappa shape index (κ3) is 5.41. The van der Waals surface area contributed by atoms with Crippen LogP contribution in [0, 0.1) is 0 Å². The van der Waals surface area contributed by atoms with Gasteiger partial charge in [0.2, 0.25) is 6.79 Å². The Hall–Kier alpha value is -4.06. The molecule has 0 saturated heterocycles. The van der Waals surface area contributed by atoms with E-state index in [2.05, 4.69) is 10.6 Å². The van der Waals surface area contributed by atoms with Gasteiger partial charge in [-0.05, 0) is 48.7 Å². The quantitative estimate of drug-likeness (QED) is 0.320. The zero-order valence-electron chi connectivity index (χ0n) is 18.6. The summed E-state index contributed by atoms with van der Waals surface area (Å²) in [6.07, 6.45) is 1.57. The Morgan fingerprint density at radius 2 is 1.27 bits per heavy atom. The standard InChI is InChI=1S/C27H26N2O4/c1-18(21-9-5-3-6-10-21)28-26(30)23(15-20-13-14-24-25(16-20)33-17-32-24)27(31)29-19(2)22-11-7-4-8-12-22/h3-16,18-19H,17H2,1-2H3,(H,28,30)(H,29,31)/t18-,19+. The van der Waals surface area contributed by atoms with Gasteiger partial charge >= 0.3 is 0 Å². The second-order valence-corrected chi connectivity index (χ2v) is 7.88. The number of amides is 2. The molecule has 1 aliphatic rings. The van der Waals surface area contributed by atoms with Crippen LogP contribution >= 0.6 is 0 Å². The van der Waals surface area contributed by atoms with Crippen molar-refractivity contribution in [3.63, 3.8) is 0 Å². The Bertz CT molecular complexity index is 1100. The molecule has 2 amide bonds. The van der Waals surface area contributed by atoms with E-state index in [0.717, 1.165) is 11.1 Å². The van der Waals surface area contributed by atoms with E-state index in [1.165, 1.54) is 0 Å². The second kappa shape index (κ2) is 10.0. The van der Waals surface area contributed by atoms with E-state index in [4.69, 9.17) is 9.47 Å². The predicted octanol–water partition coefficient (Wildman–Crippen LogP) is 4.55. The number of carbonyl (C=O) groups excluding carboxylic acids is 2. The van der Waals surface area contributed by atoms with Gasteiger partial charge in [0, 0.05) is 0 Å². The molecule has 1 heterocycles. The van der Waals surface area contributed by atoms with Crippen molar-refractivity contribution in [2.45, 2.75) is 25.9 Å². The fraction of sp³-hybridized carbons (Fsp3) is 0.185. The van der Waals surface area contributed by atoms with Gasteiger partial charge in [-0.15, -0.1) is 0 Å². The van der Waals surface area contributed by atoms with Crippen molar-refractivity contribution in [1.82, 2.24) is 10.6 Å². The Balaban J connectivity index is 1.59. The van der Waals surface area contributed by atoms with Gasteiger partial charge in [-0.3, -0.25) is 9.59 Å². The number of rotatable bonds is 7. The van der Waals surface area contributed by atoms with Crippen LogP contribution in [0.5, 0.6) is 11.5 Å². The normalized spacial score (nSPS) is 14.3. The maximum Gasteiger partial charge on any atom is 0.257 e. The van der Waals surface area contributed by atoms with Crippen LogP contribution in [0.3, 0.4) is 0 Å². The van der Waals surface area contributed by atoms with Crippen molar-refractivity contribution in [3.8, 4) is 11.5 Å². The lowest BCUT2D eigenvalue weighted by atomic mass is 10.0. The summed E-state index contributed by atoms with van der Waals surface area (Å²) in [6, 6.07) is 24.0. The smallest absolute Gasteiger partial charge is 0.257 e. The molecule has 0 unspecified atom stereocenters. The number of ether oxygens (including phenoxy) is 2. The molecule has 0 aliphatic carbocycles. The summed E-state index contributed by atoms with van der Waals surface area (Å²) in [7, 11) is 0. The summed E-state index contributed by atoms with van der Waals surface area (Å²) in [4.78, 5) is 26.5. The van der Waals surface area contributed by atoms with Crippen LogP contribution in [-0.4, -0.2) is 18.6 Å². The molecule has 0 bridgehead atoms. The lowest BCUT2D eigenvalue weighted by Crippen LogP contribution is -2.36. The van der Waals surface area contributed by atoms with E-state index in [9.17, 15) is 9.59 Å². The molecular formula is C27H26N2O4. The number of carbonyl (C=O) groups is 2. The summed E-state index contributed by atoms with van der Waals surface area (Å²) in [5.41, 5.74) is 2.58. The molecule has 168 valence electrons. The van der Waals surface area contributed by atoms with Gasteiger partial charge in [-0.1, -0.05) is 66.7 Å².